The van der Waals surface area contributed by atoms with Crippen LogP contribution in [0.1, 0.15) is 31.7 Å². The van der Waals surface area contributed by atoms with Gasteiger partial charge in [0.15, 0.2) is 0 Å². The van der Waals surface area contributed by atoms with E-state index in [1.54, 1.807) is 0 Å². The van der Waals surface area contributed by atoms with Crippen molar-refractivity contribution in [3.05, 3.63) is 29.8 Å². The van der Waals surface area contributed by atoms with Crippen LogP contribution in [0.2, 0.25) is 0 Å². The molecule has 3 nitrogen and oxygen atoms in total. The fraction of sp³-hybridized carbons (Fsp3) is 0.647. The molecule has 0 aromatic heterocycles. The zero-order valence-electron chi connectivity index (χ0n) is 13.0. The van der Waals surface area contributed by atoms with Crippen molar-refractivity contribution in [1.82, 2.24) is 5.32 Å². The molecule has 1 aliphatic carbocycles. The van der Waals surface area contributed by atoms with E-state index in [-0.39, 0.29) is 0 Å². The predicted octanol–water partition coefficient (Wildman–Crippen LogP) is 3.00. The molecule has 0 amide bonds. The molecule has 1 fully saturated rings. The minimum absolute atomic E-state index is 0.342. The molecule has 21 heavy (non-hydrogen) atoms. The zero-order chi connectivity index (χ0) is 15.1. The molecule has 1 saturated carbocycles. The molecular weight excluding hydrogens is 282 g/mol. The van der Waals surface area contributed by atoms with Gasteiger partial charge in [0.2, 0.25) is 0 Å². The molecule has 0 heterocycles. The van der Waals surface area contributed by atoms with E-state index >= 15 is 0 Å². The molecule has 1 aromatic carbocycles. The lowest BCUT2D eigenvalue weighted by molar-refractivity contribution is 0.104. The van der Waals surface area contributed by atoms with Gasteiger partial charge in [-0.25, -0.2) is 0 Å². The molecule has 118 valence electrons. The van der Waals surface area contributed by atoms with Crippen molar-refractivity contribution >= 4 is 11.8 Å². The quantitative estimate of drug-likeness (QED) is 0.774. The summed E-state index contributed by atoms with van der Waals surface area (Å²) in [6.07, 6.45) is 3.36. The standard InChI is InChI=1S/C17H27NO2S/c1-3-21-17-9-5-8-16(17)18-11-14(19)12-20-15-7-4-6-13(2)10-15/h4,6-7,10,14,16-19H,3,5,8-9,11-12H2,1-2H3. The normalized spacial score (nSPS) is 23.2. The van der Waals surface area contributed by atoms with E-state index in [1.165, 1.54) is 30.6 Å². The summed E-state index contributed by atoms with van der Waals surface area (Å²) in [5.41, 5.74) is 1.17. The van der Waals surface area contributed by atoms with E-state index in [1.807, 2.05) is 43.0 Å². The monoisotopic (exact) mass is 309 g/mol. The van der Waals surface area contributed by atoms with E-state index in [9.17, 15) is 5.11 Å². The first-order valence-electron chi connectivity index (χ1n) is 7.91. The summed E-state index contributed by atoms with van der Waals surface area (Å²) in [6.45, 7) is 5.20. The minimum Gasteiger partial charge on any atom is -0.491 e. The van der Waals surface area contributed by atoms with Crippen LogP contribution in [0.5, 0.6) is 5.75 Å². The molecule has 0 radical (unpaired) electrons. The second-order valence-corrected chi connectivity index (χ2v) is 7.24. The summed E-state index contributed by atoms with van der Waals surface area (Å²) in [7, 11) is 0. The lowest BCUT2D eigenvalue weighted by Crippen LogP contribution is -2.40. The van der Waals surface area contributed by atoms with Crippen molar-refractivity contribution in [3.8, 4) is 5.75 Å². The maximum Gasteiger partial charge on any atom is 0.119 e. The second kappa shape index (κ2) is 8.66. The molecule has 1 aliphatic rings. The Balaban J connectivity index is 1.68. The molecule has 0 spiro atoms. The highest BCUT2D eigenvalue weighted by Gasteiger charge is 2.27. The van der Waals surface area contributed by atoms with Crippen molar-refractivity contribution in [1.29, 1.82) is 0 Å². The van der Waals surface area contributed by atoms with Gasteiger partial charge in [0, 0.05) is 17.8 Å². The molecule has 0 aliphatic heterocycles. The van der Waals surface area contributed by atoms with Crippen LogP contribution >= 0.6 is 11.8 Å². The van der Waals surface area contributed by atoms with Crippen LogP contribution < -0.4 is 10.1 Å². The van der Waals surface area contributed by atoms with Crippen LogP contribution in [-0.2, 0) is 0 Å². The van der Waals surface area contributed by atoms with Crippen LogP contribution in [0.15, 0.2) is 24.3 Å². The third-order valence-corrected chi connectivity index (χ3v) is 5.21. The number of thioether (sulfide) groups is 1. The van der Waals surface area contributed by atoms with Crippen LogP contribution in [0.25, 0.3) is 0 Å². The third-order valence-electron chi connectivity index (χ3n) is 3.88. The van der Waals surface area contributed by atoms with Crippen molar-refractivity contribution in [2.24, 2.45) is 0 Å². The lowest BCUT2D eigenvalue weighted by Gasteiger charge is -2.22. The van der Waals surface area contributed by atoms with Crippen molar-refractivity contribution in [2.75, 3.05) is 18.9 Å². The van der Waals surface area contributed by atoms with Crippen molar-refractivity contribution in [2.45, 2.75) is 50.5 Å². The van der Waals surface area contributed by atoms with Gasteiger partial charge in [-0.15, -0.1) is 0 Å². The summed E-state index contributed by atoms with van der Waals surface area (Å²) >= 11 is 2.04. The van der Waals surface area contributed by atoms with Gasteiger partial charge in [-0.05, 0) is 43.2 Å². The van der Waals surface area contributed by atoms with E-state index in [0.717, 1.165) is 5.75 Å². The highest BCUT2D eigenvalue weighted by molar-refractivity contribution is 7.99. The number of rotatable bonds is 8. The SMILES string of the molecule is CCSC1CCCC1NCC(O)COc1cccc(C)c1. The molecular formula is C17H27NO2S. The number of ether oxygens (including phenoxy) is 1. The van der Waals surface area contributed by atoms with Crippen LogP contribution in [0.4, 0.5) is 0 Å². The molecule has 4 heteroatoms. The molecule has 1 aromatic rings. The van der Waals surface area contributed by atoms with E-state index in [2.05, 4.69) is 12.2 Å². The lowest BCUT2D eigenvalue weighted by atomic mass is 10.2. The first-order chi connectivity index (χ1) is 10.2. The average molecular weight is 309 g/mol. The maximum absolute atomic E-state index is 10.1. The summed E-state index contributed by atoms with van der Waals surface area (Å²) < 4.78 is 5.64. The molecule has 0 bridgehead atoms. The number of aliphatic hydroxyl groups is 1. The highest BCUT2D eigenvalue weighted by Crippen LogP contribution is 2.29. The van der Waals surface area contributed by atoms with Gasteiger partial charge in [0.25, 0.3) is 0 Å². The molecule has 2 rings (SSSR count). The van der Waals surface area contributed by atoms with E-state index in [0.29, 0.717) is 24.4 Å². The smallest absolute Gasteiger partial charge is 0.119 e. The molecule has 3 atom stereocenters. The first-order valence-corrected chi connectivity index (χ1v) is 8.96. The number of hydrogen-bond donors (Lipinski definition) is 2. The van der Waals surface area contributed by atoms with Crippen molar-refractivity contribution in [3.63, 3.8) is 0 Å². The Hall–Kier alpha value is -0.710. The van der Waals surface area contributed by atoms with Crippen molar-refractivity contribution < 1.29 is 9.84 Å². The summed E-state index contributed by atoms with van der Waals surface area (Å²) in [5, 5.41) is 14.3. The number of hydrogen-bond acceptors (Lipinski definition) is 4. The van der Waals surface area contributed by atoms with Crippen LogP contribution in [0.3, 0.4) is 0 Å². The highest BCUT2D eigenvalue weighted by atomic mass is 32.2. The van der Waals surface area contributed by atoms with Gasteiger partial charge < -0.3 is 15.2 Å². The Kier molecular flexibility index (Phi) is 6.87. The summed E-state index contributed by atoms with van der Waals surface area (Å²) in [6, 6.07) is 8.48. The average Bonchev–Trinajstić information content (AvgIpc) is 2.91. The first kappa shape index (κ1) is 16.7. The van der Waals surface area contributed by atoms with Gasteiger partial charge in [-0.3, -0.25) is 0 Å². The Morgan fingerprint density at radius 3 is 3.05 bits per heavy atom. The Bertz CT molecular complexity index is 427. The Morgan fingerprint density at radius 1 is 1.43 bits per heavy atom. The Morgan fingerprint density at radius 2 is 2.29 bits per heavy atom. The fourth-order valence-electron chi connectivity index (χ4n) is 2.82. The maximum atomic E-state index is 10.1. The summed E-state index contributed by atoms with van der Waals surface area (Å²) in [4.78, 5) is 0. The fourth-order valence-corrected chi connectivity index (χ4v) is 4.04. The number of aryl methyl sites for hydroxylation is 1. The predicted molar refractivity (Wildman–Crippen MR) is 90.2 cm³/mol. The molecule has 2 N–H and O–H groups in total. The molecule has 0 saturated heterocycles. The Labute approximate surface area is 132 Å². The van der Waals surface area contributed by atoms with Gasteiger partial charge in [0.1, 0.15) is 18.5 Å². The van der Waals surface area contributed by atoms with Gasteiger partial charge >= 0.3 is 0 Å². The third kappa shape index (κ3) is 5.53. The number of nitrogens with one attached hydrogen (secondary N) is 1. The zero-order valence-corrected chi connectivity index (χ0v) is 13.9. The van der Waals surface area contributed by atoms with Gasteiger partial charge in [0.05, 0.1) is 0 Å². The van der Waals surface area contributed by atoms with E-state index in [4.69, 9.17) is 4.74 Å². The largest absolute Gasteiger partial charge is 0.491 e. The van der Waals surface area contributed by atoms with Crippen LogP contribution in [0, 0.1) is 6.92 Å². The number of aliphatic hydroxyl groups excluding tert-OH is 1. The van der Waals surface area contributed by atoms with E-state index < -0.39 is 6.10 Å². The van der Waals surface area contributed by atoms with Crippen LogP contribution in [-0.4, -0.2) is 41.4 Å². The minimum atomic E-state index is -0.460. The topological polar surface area (TPSA) is 41.5 Å². The van der Waals surface area contributed by atoms with Gasteiger partial charge in [-0.2, -0.15) is 11.8 Å². The van der Waals surface area contributed by atoms with Gasteiger partial charge in [-0.1, -0.05) is 25.5 Å². The number of benzene rings is 1. The molecule has 3 unspecified atom stereocenters. The second-order valence-electron chi connectivity index (χ2n) is 5.72. The summed E-state index contributed by atoms with van der Waals surface area (Å²) in [5.74, 6) is 2.00.